The van der Waals surface area contributed by atoms with E-state index in [-0.39, 0.29) is 44.8 Å². The molecule has 4 rings (SSSR count). The number of hydrogen-bond donors (Lipinski definition) is 1. The number of carbonyl (C=O) groups excluding carboxylic acids is 5. The number of nitrogens with zero attached hydrogens (tertiary/aromatic N) is 2. The summed E-state index contributed by atoms with van der Waals surface area (Å²) in [6.45, 7) is 13.9. The van der Waals surface area contributed by atoms with Crippen LogP contribution >= 0.6 is 0 Å². The number of pyridine rings is 2. The second kappa shape index (κ2) is 19.5. The molecule has 2 fully saturated rings. The zero-order chi connectivity index (χ0) is 34.6. The van der Waals surface area contributed by atoms with E-state index >= 15 is 0 Å². The number of Topliss-reactive ketones (excluding diaryl/α,β-unsaturated/α-hetero) is 1. The van der Waals surface area contributed by atoms with Crippen LogP contribution in [0.3, 0.4) is 0 Å². The molecule has 0 unspecified atom stereocenters. The van der Waals surface area contributed by atoms with Crippen molar-refractivity contribution in [3.05, 3.63) is 67.6 Å². The molecule has 0 aromatic carbocycles. The van der Waals surface area contributed by atoms with E-state index < -0.39 is 30.2 Å². The van der Waals surface area contributed by atoms with Crippen molar-refractivity contribution in [1.82, 2.24) is 4.98 Å². The van der Waals surface area contributed by atoms with Crippen LogP contribution < -0.4 is 10.3 Å². The maximum Gasteiger partial charge on any atom is 0.305 e. The van der Waals surface area contributed by atoms with Crippen LogP contribution in [0.5, 0.6) is 0 Å². The highest BCUT2D eigenvalue weighted by Gasteiger charge is 2.47. The van der Waals surface area contributed by atoms with Crippen LogP contribution in [0.2, 0.25) is 0 Å². The quantitative estimate of drug-likeness (QED) is 0.136. The molecular weight excluding hydrogens is 606 g/mol. The van der Waals surface area contributed by atoms with Gasteiger partial charge in [-0.2, -0.15) is 4.57 Å². The van der Waals surface area contributed by atoms with Gasteiger partial charge < -0.3 is 32.1 Å². The molecule has 2 aromatic heterocycles. The number of carbonyl (C=O) groups is 5. The van der Waals surface area contributed by atoms with E-state index in [2.05, 4.69) is 18.8 Å². The predicted molar refractivity (Wildman–Crippen MR) is 176 cm³/mol. The van der Waals surface area contributed by atoms with Crippen molar-refractivity contribution < 1.29 is 48.9 Å². The molecule has 1 amide bonds. The Morgan fingerprint density at radius 3 is 1.96 bits per heavy atom. The van der Waals surface area contributed by atoms with Crippen molar-refractivity contribution in [3.63, 3.8) is 0 Å². The minimum absolute atomic E-state index is 0. The first-order valence-corrected chi connectivity index (χ1v) is 15.6. The monoisotopic (exact) mass is 660 g/mol. The summed E-state index contributed by atoms with van der Waals surface area (Å²) >= 11 is 0. The van der Waals surface area contributed by atoms with Gasteiger partial charge in [0.2, 0.25) is 12.2 Å². The molecule has 0 bridgehead atoms. The lowest BCUT2D eigenvalue weighted by molar-refractivity contribution is -0.728. The van der Waals surface area contributed by atoms with Crippen LogP contribution in [0.1, 0.15) is 103 Å². The van der Waals surface area contributed by atoms with Gasteiger partial charge in [0, 0.05) is 58.9 Å². The lowest BCUT2D eigenvalue weighted by Gasteiger charge is -2.20. The first-order chi connectivity index (χ1) is 21.7. The average molecular weight is 661 g/mol. The van der Waals surface area contributed by atoms with Gasteiger partial charge in [-0.25, -0.2) is 0 Å². The smallest absolute Gasteiger partial charge is 0.305 e. The Kier molecular flexibility index (Phi) is 16.9. The number of ether oxygens (including phenoxy) is 4. The van der Waals surface area contributed by atoms with E-state index in [1.165, 1.54) is 27.0 Å². The van der Waals surface area contributed by atoms with E-state index in [0.717, 1.165) is 19.3 Å². The SMILES string of the molecule is CC[C@H]1C[C@@H]([n+]2cccc(C(C)=O)c2)[C@H](OC(C)=O)[C@@H]1C.CC[C@H]1O[C@@H](OC(C)=O)[C@H](OC(C)=O)[C@@H]1C.NC(=O)c1cccnc1.[2HH].[CH3-]. The van der Waals surface area contributed by atoms with Crippen molar-refractivity contribution in [1.29, 1.82) is 0 Å². The van der Waals surface area contributed by atoms with Gasteiger partial charge >= 0.3 is 17.9 Å². The van der Waals surface area contributed by atoms with Gasteiger partial charge in [0.1, 0.15) is 0 Å². The summed E-state index contributed by atoms with van der Waals surface area (Å²) in [6.07, 6.45) is 8.23. The van der Waals surface area contributed by atoms with Crippen LogP contribution in [-0.4, -0.2) is 59.2 Å². The van der Waals surface area contributed by atoms with Crippen molar-refractivity contribution in [2.75, 3.05) is 0 Å². The Morgan fingerprint density at radius 2 is 1.49 bits per heavy atom. The highest BCUT2D eigenvalue weighted by molar-refractivity contribution is 5.93. The van der Waals surface area contributed by atoms with Crippen LogP contribution in [0.15, 0.2) is 49.1 Å². The zero-order valence-electron chi connectivity index (χ0n) is 29.0. The fourth-order valence-corrected chi connectivity index (χ4v) is 5.81. The van der Waals surface area contributed by atoms with Gasteiger partial charge in [-0.15, -0.1) is 0 Å². The summed E-state index contributed by atoms with van der Waals surface area (Å²) in [7, 11) is 0. The lowest BCUT2D eigenvalue weighted by atomic mass is 9.94. The minimum atomic E-state index is -0.777. The Labute approximate surface area is 279 Å². The summed E-state index contributed by atoms with van der Waals surface area (Å²) in [5.41, 5.74) is 6.06. The Bertz CT molecular complexity index is 1340. The Morgan fingerprint density at radius 1 is 0.894 bits per heavy atom. The summed E-state index contributed by atoms with van der Waals surface area (Å²) < 4.78 is 23.3. The number of aromatic nitrogens is 2. The third-order valence-electron chi connectivity index (χ3n) is 8.24. The van der Waals surface area contributed by atoms with Gasteiger partial charge in [-0.3, -0.25) is 29.0 Å². The molecule has 0 spiro atoms. The topological polar surface area (TPSA) is 165 Å². The minimum Gasteiger partial charge on any atom is -0.455 e. The van der Waals surface area contributed by atoms with Gasteiger partial charge in [0.25, 0.3) is 0 Å². The van der Waals surface area contributed by atoms with Crippen molar-refractivity contribution in [3.8, 4) is 0 Å². The molecule has 12 heteroatoms. The number of rotatable bonds is 8. The van der Waals surface area contributed by atoms with Gasteiger partial charge in [-0.05, 0) is 37.5 Å². The van der Waals surface area contributed by atoms with Crippen LogP contribution in [0.4, 0.5) is 0 Å². The number of nitrogens with two attached hydrogens (primary N) is 1. The fraction of sp³-hybridized carbons (Fsp3) is 0.543. The van der Waals surface area contributed by atoms with Crippen LogP contribution in [0.25, 0.3) is 0 Å². The second-order valence-electron chi connectivity index (χ2n) is 11.6. The summed E-state index contributed by atoms with van der Waals surface area (Å²) in [6, 6.07) is 7.09. The highest BCUT2D eigenvalue weighted by Crippen LogP contribution is 2.40. The second-order valence-corrected chi connectivity index (χ2v) is 11.6. The summed E-state index contributed by atoms with van der Waals surface area (Å²) in [5.74, 6) is -0.574. The fourth-order valence-electron chi connectivity index (χ4n) is 5.81. The molecule has 1 saturated carbocycles. The number of esters is 3. The molecule has 262 valence electrons. The third kappa shape index (κ3) is 12.2. The number of amides is 1. The van der Waals surface area contributed by atoms with Gasteiger partial charge in [-0.1, -0.05) is 34.1 Å². The molecule has 2 aliphatic rings. The maximum absolute atomic E-state index is 11.6. The number of primary amides is 1. The average Bonchev–Trinajstić information content (AvgIpc) is 3.47. The molecule has 47 heavy (non-hydrogen) atoms. The molecule has 12 nitrogen and oxygen atoms in total. The lowest BCUT2D eigenvalue weighted by Crippen LogP contribution is -2.45. The van der Waals surface area contributed by atoms with Crippen molar-refractivity contribution >= 4 is 29.6 Å². The molecule has 1 aliphatic carbocycles. The summed E-state index contributed by atoms with van der Waals surface area (Å²) in [5, 5.41) is 0. The standard InChI is InChI=1S/C17H24NO3.C11H18O5.C6H6N2O.CH3.H2/c1-5-14-9-16(17(11(14)2)21-13(4)20)18-8-6-7-15(10-18)12(3)19;1-5-9-6(2)10(14-7(3)12)11(16-9)15-8(4)13;7-6(9)5-2-1-3-8-4-5;;/h6-8,10-11,14,16-17H,5,9H2,1-4H3;6,9-11H,5H2,1-4H3;1-4H,(H2,7,9);1H3;1H/q+1;;;-1;/t11-,14+,16-,17-;6-,9-,10-,11-;;;/m11.../s1/i;;;;1+1. The number of ketones is 1. The third-order valence-corrected chi connectivity index (χ3v) is 8.24. The zero-order valence-corrected chi connectivity index (χ0v) is 29.0. The van der Waals surface area contributed by atoms with Crippen LogP contribution in [0, 0.1) is 25.2 Å². The molecule has 8 atom stereocenters. The molecule has 1 aliphatic heterocycles. The normalized spacial score (nSPS) is 25.8. The van der Waals surface area contributed by atoms with E-state index in [0.29, 0.717) is 23.0 Å². The molecule has 1 saturated heterocycles. The van der Waals surface area contributed by atoms with E-state index in [1.54, 1.807) is 25.3 Å². The molecular formula is C35H53N3O9. The largest absolute Gasteiger partial charge is 0.455 e. The predicted octanol–water partition coefficient (Wildman–Crippen LogP) is 4.84. The van der Waals surface area contributed by atoms with E-state index in [1.807, 2.05) is 42.9 Å². The van der Waals surface area contributed by atoms with Gasteiger partial charge in [0.05, 0.1) is 17.2 Å². The Hall–Kier alpha value is -4.19. The molecule has 3 heterocycles. The van der Waals surface area contributed by atoms with E-state index in [4.69, 9.17) is 24.7 Å². The van der Waals surface area contributed by atoms with Crippen LogP contribution in [-0.2, 0) is 33.3 Å². The van der Waals surface area contributed by atoms with E-state index in [9.17, 15) is 24.0 Å². The first-order valence-electron chi connectivity index (χ1n) is 15.6. The molecule has 0 radical (unpaired) electrons. The number of hydrogen-bond acceptors (Lipinski definition) is 10. The Balaban J connectivity index is 0.000000726. The summed E-state index contributed by atoms with van der Waals surface area (Å²) in [4.78, 5) is 58.9. The van der Waals surface area contributed by atoms with Crippen molar-refractivity contribution in [2.24, 2.45) is 23.5 Å². The van der Waals surface area contributed by atoms with Crippen molar-refractivity contribution in [2.45, 2.75) is 105 Å². The molecule has 2 aromatic rings. The van der Waals surface area contributed by atoms with Gasteiger partial charge in [0.15, 0.2) is 36.4 Å². The molecule has 2 N–H and O–H groups in total. The highest BCUT2D eigenvalue weighted by atomic mass is 16.7. The maximum atomic E-state index is 11.6. The first kappa shape index (κ1) is 40.8.